The van der Waals surface area contributed by atoms with Gasteiger partial charge in [-0.15, -0.1) is 0 Å². The van der Waals surface area contributed by atoms with Crippen molar-refractivity contribution >= 4 is 17.3 Å². The number of aryl methyl sites for hydroxylation is 2. The Balaban J connectivity index is 1.64. The summed E-state index contributed by atoms with van der Waals surface area (Å²) in [4.78, 5) is 16.6. The van der Waals surface area contributed by atoms with Crippen LogP contribution in [0.15, 0.2) is 36.5 Å². The minimum absolute atomic E-state index is 0.208. The van der Waals surface area contributed by atoms with Crippen molar-refractivity contribution in [3.05, 3.63) is 53.3 Å². The molecule has 1 aliphatic rings. The van der Waals surface area contributed by atoms with Gasteiger partial charge in [0.05, 0.1) is 6.10 Å². The van der Waals surface area contributed by atoms with E-state index in [0.717, 1.165) is 48.5 Å². The summed E-state index contributed by atoms with van der Waals surface area (Å²) < 4.78 is 5.60. The molecule has 1 amide bonds. The largest absolute Gasteiger partial charge is 0.382 e. The molecule has 1 aromatic heterocycles. The van der Waals surface area contributed by atoms with Crippen LogP contribution in [-0.2, 0) is 4.74 Å². The van der Waals surface area contributed by atoms with Gasteiger partial charge in [-0.2, -0.15) is 0 Å². The number of carbonyl (C=O) groups is 1. The van der Waals surface area contributed by atoms with Crippen molar-refractivity contribution in [1.82, 2.24) is 4.98 Å². The summed E-state index contributed by atoms with van der Waals surface area (Å²) in [5.74, 6) is -0.208. The van der Waals surface area contributed by atoms with Crippen LogP contribution in [0.4, 0.5) is 11.4 Å². The molecule has 0 saturated carbocycles. The summed E-state index contributed by atoms with van der Waals surface area (Å²) >= 11 is 0. The van der Waals surface area contributed by atoms with Crippen LogP contribution >= 0.6 is 0 Å². The van der Waals surface area contributed by atoms with Crippen molar-refractivity contribution in [1.29, 1.82) is 0 Å². The van der Waals surface area contributed by atoms with E-state index in [-0.39, 0.29) is 12.0 Å². The summed E-state index contributed by atoms with van der Waals surface area (Å²) in [7, 11) is 0. The highest BCUT2D eigenvalue weighted by atomic mass is 16.5. The fraction of sp³-hybridized carbons (Fsp3) is 0.368. The molecular formula is C19H23N3O2. The molecule has 1 aromatic carbocycles. The maximum atomic E-state index is 12.4. The zero-order valence-electron chi connectivity index (χ0n) is 14.1. The van der Waals surface area contributed by atoms with E-state index >= 15 is 0 Å². The van der Waals surface area contributed by atoms with Gasteiger partial charge in [0.25, 0.3) is 5.91 Å². The molecule has 1 atom stereocenters. The lowest BCUT2D eigenvalue weighted by molar-refractivity contribution is 0.102. The first kappa shape index (κ1) is 16.5. The van der Waals surface area contributed by atoms with Crippen LogP contribution in [0.1, 0.15) is 34.5 Å². The van der Waals surface area contributed by atoms with Crippen LogP contribution in [-0.4, -0.2) is 30.1 Å². The number of rotatable bonds is 5. The number of amides is 1. The number of nitrogens with one attached hydrogen (secondary N) is 2. The summed E-state index contributed by atoms with van der Waals surface area (Å²) in [5, 5.41) is 6.23. The Labute approximate surface area is 142 Å². The van der Waals surface area contributed by atoms with Gasteiger partial charge in [-0.05, 0) is 62.1 Å². The average Bonchev–Trinajstić information content (AvgIpc) is 3.05. The first-order valence-electron chi connectivity index (χ1n) is 8.31. The molecule has 0 spiro atoms. The number of ether oxygens (including phenoxy) is 1. The lowest BCUT2D eigenvalue weighted by Crippen LogP contribution is -2.19. The first-order chi connectivity index (χ1) is 11.6. The fourth-order valence-electron chi connectivity index (χ4n) is 2.94. The van der Waals surface area contributed by atoms with Crippen LogP contribution < -0.4 is 10.6 Å². The van der Waals surface area contributed by atoms with E-state index in [4.69, 9.17) is 4.74 Å². The zero-order chi connectivity index (χ0) is 16.9. The molecule has 126 valence electrons. The van der Waals surface area contributed by atoms with Crippen LogP contribution in [0.25, 0.3) is 0 Å². The highest BCUT2D eigenvalue weighted by molar-refractivity contribution is 6.03. The molecule has 2 aromatic rings. The van der Waals surface area contributed by atoms with Gasteiger partial charge in [0.1, 0.15) is 5.69 Å². The molecule has 1 aliphatic heterocycles. The van der Waals surface area contributed by atoms with E-state index in [1.165, 1.54) is 0 Å². The summed E-state index contributed by atoms with van der Waals surface area (Å²) in [6, 6.07) is 9.61. The zero-order valence-corrected chi connectivity index (χ0v) is 14.1. The van der Waals surface area contributed by atoms with Gasteiger partial charge in [0, 0.05) is 30.7 Å². The molecule has 1 unspecified atom stereocenters. The molecule has 0 radical (unpaired) electrons. The van der Waals surface area contributed by atoms with Crippen molar-refractivity contribution in [3.63, 3.8) is 0 Å². The van der Waals surface area contributed by atoms with Crippen LogP contribution in [0.3, 0.4) is 0 Å². The Hall–Kier alpha value is -2.40. The third-order valence-electron chi connectivity index (χ3n) is 4.03. The Morgan fingerprint density at radius 2 is 2.00 bits per heavy atom. The highest BCUT2D eigenvalue weighted by Gasteiger charge is 2.15. The molecule has 1 saturated heterocycles. The minimum Gasteiger partial charge on any atom is -0.382 e. The maximum absolute atomic E-state index is 12.4. The number of carbonyl (C=O) groups excluding carboxylic acids is 1. The van der Waals surface area contributed by atoms with Crippen molar-refractivity contribution < 1.29 is 9.53 Å². The van der Waals surface area contributed by atoms with Crippen LogP contribution in [0.5, 0.6) is 0 Å². The second kappa shape index (κ2) is 7.45. The molecule has 5 heteroatoms. The Morgan fingerprint density at radius 1 is 1.21 bits per heavy atom. The molecule has 2 heterocycles. The molecule has 24 heavy (non-hydrogen) atoms. The van der Waals surface area contributed by atoms with E-state index in [1.807, 2.05) is 32.0 Å². The van der Waals surface area contributed by atoms with E-state index in [2.05, 4.69) is 21.7 Å². The number of benzene rings is 1. The van der Waals surface area contributed by atoms with Crippen LogP contribution in [0, 0.1) is 13.8 Å². The third kappa shape index (κ3) is 4.32. The molecule has 1 fully saturated rings. The van der Waals surface area contributed by atoms with Gasteiger partial charge in [0.15, 0.2) is 0 Å². The average molecular weight is 325 g/mol. The number of pyridine rings is 1. The first-order valence-corrected chi connectivity index (χ1v) is 8.31. The van der Waals surface area contributed by atoms with Gasteiger partial charge in [-0.1, -0.05) is 6.07 Å². The second-order valence-corrected chi connectivity index (χ2v) is 6.28. The monoisotopic (exact) mass is 325 g/mol. The number of aromatic nitrogens is 1. The van der Waals surface area contributed by atoms with Gasteiger partial charge in [-0.25, -0.2) is 0 Å². The standard InChI is InChI=1S/C19H23N3O2/c1-13-8-14(2)10-16(9-13)22-19(23)18-11-15(5-6-20-18)21-12-17-4-3-7-24-17/h5-6,8-11,17H,3-4,7,12H2,1-2H3,(H,20,21)(H,22,23). The number of hydrogen-bond acceptors (Lipinski definition) is 4. The Morgan fingerprint density at radius 3 is 2.71 bits per heavy atom. The molecule has 0 bridgehead atoms. The maximum Gasteiger partial charge on any atom is 0.274 e. The SMILES string of the molecule is Cc1cc(C)cc(NC(=O)c2cc(NCC3CCCO3)ccn2)c1. The van der Waals surface area contributed by atoms with Gasteiger partial charge >= 0.3 is 0 Å². The van der Waals surface area contributed by atoms with Crippen molar-refractivity contribution in [2.45, 2.75) is 32.8 Å². The van der Waals surface area contributed by atoms with Crippen molar-refractivity contribution in [2.75, 3.05) is 23.8 Å². The van der Waals surface area contributed by atoms with Crippen molar-refractivity contribution in [3.8, 4) is 0 Å². The van der Waals surface area contributed by atoms with Crippen molar-refractivity contribution in [2.24, 2.45) is 0 Å². The Kier molecular flexibility index (Phi) is 5.11. The third-order valence-corrected chi connectivity index (χ3v) is 4.03. The molecule has 2 N–H and O–H groups in total. The van der Waals surface area contributed by atoms with Gasteiger partial charge in [-0.3, -0.25) is 9.78 Å². The quantitative estimate of drug-likeness (QED) is 0.882. The summed E-state index contributed by atoms with van der Waals surface area (Å²) in [6.07, 6.45) is 4.10. The number of nitrogens with zero attached hydrogens (tertiary/aromatic N) is 1. The van der Waals surface area contributed by atoms with Gasteiger partial charge in [0.2, 0.25) is 0 Å². The number of anilines is 2. The molecule has 3 rings (SSSR count). The molecule has 5 nitrogen and oxygen atoms in total. The predicted octanol–water partition coefficient (Wildman–Crippen LogP) is 3.54. The molecular weight excluding hydrogens is 302 g/mol. The number of hydrogen-bond donors (Lipinski definition) is 2. The van der Waals surface area contributed by atoms with E-state index in [0.29, 0.717) is 5.69 Å². The smallest absolute Gasteiger partial charge is 0.274 e. The lowest BCUT2D eigenvalue weighted by atomic mass is 10.1. The fourth-order valence-corrected chi connectivity index (χ4v) is 2.94. The normalized spacial score (nSPS) is 16.8. The summed E-state index contributed by atoms with van der Waals surface area (Å²) in [6.45, 7) is 5.61. The molecule has 0 aliphatic carbocycles. The highest BCUT2D eigenvalue weighted by Crippen LogP contribution is 2.17. The lowest BCUT2D eigenvalue weighted by Gasteiger charge is -2.12. The summed E-state index contributed by atoms with van der Waals surface area (Å²) in [5.41, 5.74) is 4.30. The van der Waals surface area contributed by atoms with Gasteiger partial charge < -0.3 is 15.4 Å². The van der Waals surface area contributed by atoms with E-state index < -0.39 is 0 Å². The topological polar surface area (TPSA) is 63.2 Å². The van der Waals surface area contributed by atoms with E-state index in [9.17, 15) is 4.79 Å². The van der Waals surface area contributed by atoms with E-state index in [1.54, 1.807) is 12.3 Å². The second-order valence-electron chi connectivity index (χ2n) is 6.28. The van der Waals surface area contributed by atoms with Crippen LogP contribution in [0.2, 0.25) is 0 Å². The Bertz CT molecular complexity index is 704. The minimum atomic E-state index is -0.208. The predicted molar refractivity (Wildman–Crippen MR) is 95.6 cm³/mol.